The zero-order valence-corrected chi connectivity index (χ0v) is 30.7. The van der Waals surface area contributed by atoms with E-state index in [-0.39, 0.29) is 6.17 Å². The molecule has 0 saturated carbocycles. The quantitative estimate of drug-likeness (QED) is 0.192. The monoisotopic (exact) mass is 731 g/mol. The number of benzene rings is 8. The highest BCUT2D eigenvalue weighted by Crippen LogP contribution is 2.40. The lowest BCUT2D eigenvalue weighted by molar-refractivity contribution is 0.655. The number of rotatable bonds is 5. The summed E-state index contributed by atoms with van der Waals surface area (Å²) in [5, 5.41) is 10.7. The summed E-state index contributed by atoms with van der Waals surface area (Å²) in [5.41, 5.74) is 11.6. The Labute approximate surface area is 327 Å². The van der Waals surface area contributed by atoms with Gasteiger partial charge in [-0.1, -0.05) is 115 Å². The highest BCUT2D eigenvalue weighted by Gasteiger charge is 2.23. The van der Waals surface area contributed by atoms with Crippen LogP contribution < -0.4 is 5.32 Å². The third-order valence-electron chi connectivity index (χ3n) is 11.4. The second kappa shape index (κ2) is 12.4. The smallest absolute Gasteiger partial charge is 0.159 e. The molecule has 8 aromatic carbocycles. The Morgan fingerprint density at radius 2 is 0.982 bits per heavy atom. The summed E-state index contributed by atoms with van der Waals surface area (Å²) >= 11 is 0. The maximum Gasteiger partial charge on any atom is 0.159 e. The van der Waals surface area contributed by atoms with Crippen LogP contribution in [0.15, 0.2) is 202 Å². The molecule has 0 spiro atoms. The number of nitrogens with zero attached hydrogens (tertiary/aromatic N) is 4. The number of nitrogens with one attached hydrogen (secondary N) is 1. The minimum Gasteiger partial charge on any atom is -0.456 e. The van der Waals surface area contributed by atoms with Gasteiger partial charge in [-0.25, -0.2) is 9.98 Å². The Morgan fingerprint density at radius 3 is 1.67 bits per heavy atom. The first-order chi connectivity index (χ1) is 28.2. The molecule has 0 aliphatic carbocycles. The molecular weight excluding hydrogens is 699 g/mol. The van der Waals surface area contributed by atoms with Crippen LogP contribution in [0.2, 0.25) is 0 Å². The maximum absolute atomic E-state index is 6.27. The van der Waals surface area contributed by atoms with Gasteiger partial charge in [-0.15, -0.1) is 0 Å². The van der Waals surface area contributed by atoms with Crippen molar-refractivity contribution in [2.75, 3.05) is 0 Å². The molecule has 1 unspecified atom stereocenters. The number of para-hydroxylation sites is 4. The van der Waals surface area contributed by atoms with Crippen molar-refractivity contribution >= 4 is 77.2 Å². The van der Waals surface area contributed by atoms with E-state index in [0.29, 0.717) is 5.84 Å². The van der Waals surface area contributed by atoms with Crippen LogP contribution in [0.1, 0.15) is 22.9 Å². The minimum absolute atomic E-state index is 0.359. The van der Waals surface area contributed by atoms with Crippen LogP contribution in [-0.2, 0) is 0 Å². The van der Waals surface area contributed by atoms with E-state index >= 15 is 0 Å². The predicted octanol–water partition coefficient (Wildman–Crippen LogP) is 12.3. The van der Waals surface area contributed by atoms with Crippen molar-refractivity contribution in [2.24, 2.45) is 9.98 Å². The number of aromatic nitrogens is 2. The number of aliphatic imine (C=N–C) groups is 2. The summed E-state index contributed by atoms with van der Waals surface area (Å²) in [6.45, 7) is 0. The summed E-state index contributed by atoms with van der Waals surface area (Å²) in [6.07, 6.45) is -0.359. The largest absolute Gasteiger partial charge is 0.456 e. The van der Waals surface area contributed by atoms with Crippen LogP contribution in [-0.4, -0.2) is 20.8 Å². The van der Waals surface area contributed by atoms with E-state index in [1.807, 2.05) is 36.4 Å². The molecule has 0 radical (unpaired) electrons. The molecule has 1 aliphatic heterocycles. The Hall–Kier alpha value is -7.70. The average Bonchev–Trinajstić information content (AvgIpc) is 3.93. The fourth-order valence-electron chi connectivity index (χ4n) is 8.73. The summed E-state index contributed by atoms with van der Waals surface area (Å²) in [4.78, 5) is 10.3. The lowest BCUT2D eigenvalue weighted by atomic mass is 10.1. The Balaban J connectivity index is 0.995. The van der Waals surface area contributed by atoms with Crippen molar-refractivity contribution in [1.29, 1.82) is 0 Å². The van der Waals surface area contributed by atoms with E-state index in [0.717, 1.165) is 66.9 Å². The summed E-state index contributed by atoms with van der Waals surface area (Å²) < 4.78 is 11.0. The molecule has 1 aliphatic rings. The Morgan fingerprint density at radius 1 is 0.421 bits per heavy atom. The van der Waals surface area contributed by atoms with Crippen molar-refractivity contribution in [1.82, 2.24) is 14.5 Å². The van der Waals surface area contributed by atoms with Crippen LogP contribution in [0.3, 0.4) is 0 Å². The van der Waals surface area contributed by atoms with Crippen LogP contribution >= 0.6 is 0 Å². The van der Waals surface area contributed by atoms with Crippen molar-refractivity contribution in [3.8, 4) is 11.4 Å². The molecule has 6 nitrogen and oxygen atoms in total. The number of hydrogen-bond donors (Lipinski definition) is 1. The topological polar surface area (TPSA) is 59.8 Å². The van der Waals surface area contributed by atoms with Gasteiger partial charge in [-0.3, -0.25) is 0 Å². The van der Waals surface area contributed by atoms with Crippen molar-refractivity contribution in [3.63, 3.8) is 0 Å². The van der Waals surface area contributed by atoms with Gasteiger partial charge in [-0.05, 0) is 72.8 Å². The lowest BCUT2D eigenvalue weighted by Crippen LogP contribution is -2.33. The molecule has 3 aromatic heterocycles. The number of furan rings is 1. The summed E-state index contributed by atoms with van der Waals surface area (Å²) in [5.74, 6) is 1.45. The molecule has 0 bridgehead atoms. The van der Waals surface area contributed by atoms with Crippen LogP contribution in [0.25, 0.3) is 76.9 Å². The number of hydrogen-bond acceptors (Lipinski definition) is 4. The molecule has 11 aromatic rings. The van der Waals surface area contributed by atoms with Crippen LogP contribution in [0.4, 0.5) is 0 Å². The van der Waals surface area contributed by atoms with Gasteiger partial charge in [0.1, 0.15) is 23.2 Å². The van der Waals surface area contributed by atoms with Gasteiger partial charge in [0.15, 0.2) is 5.84 Å². The van der Waals surface area contributed by atoms with Gasteiger partial charge < -0.3 is 18.9 Å². The molecule has 268 valence electrons. The zero-order chi connectivity index (χ0) is 37.5. The SMILES string of the molecule is c1ccc(C2=NC(c3ccc(-n4c5ccccc5c5cc6c(cc54)c4ccccc4n6-c4ccccc4)cc3)=NC(c3ccc4c(c3)oc3ccccc34)N2)cc1. The second-order valence-corrected chi connectivity index (χ2v) is 14.7. The highest BCUT2D eigenvalue weighted by atomic mass is 16.3. The van der Waals surface area contributed by atoms with E-state index in [4.69, 9.17) is 14.4 Å². The molecular formula is C51H33N5O. The average molecular weight is 732 g/mol. The van der Waals surface area contributed by atoms with E-state index in [1.165, 1.54) is 32.6 Å². The number of fused-ring (bicyclic) bond motifs is 9. The van der Waals surface area contributed by atoms with Crippen LogP contribution in [0.5, 0.6) is 0 Å². The predicted molar refractivity (Wildman–Crippen MR) is 234 cm³/mol. The van der Waals surface area contributed by atoms with Crippen molar-refractivity contribution in [2.45, 2.75) is 6.17 Å². The summed E-state index contributed by atoms with van der Waals surface area (Å²) in [7, 11) is 0. The molecule has 4 heterocycles. The maximum atomic E-state index is 6.27. The fraction of sp³-hybridized carbons (Fsp3) is 0.0196. The first-order valence-corrected chi connectivity index (χ1v) is 19.3. The molecule has 6 heteroatoms. The second-order valence-electron chi connectivity index (χ2n) is 14.7. The lowest BCUT2D eigenvalue weighted by Gasteiger charge is -2.23. The molecule has 57 heavy (non-hydrogen) atoms. The minimum atomic E-state index is -0.359. The van der Waals surface area contributed by atoms with Gasteiger partial charge in [0.05, 0.1) is 22.1 Å². The molecule has 12 rings (SSSR count). The normalized spacial score (nSPS) is 14.5. The highest BCUT2D eigenvalue weighted by molar-refractivity contribution is 6.19. The molecule has 0 amide bonds. The van der Waals surface area contributed by atoms with E-state index in [1.54, 1.807) is 0 Å². The van der Waals surface area contributed by atoms with E-state index in [9.17, 15) is 0 Å². The fourth-order valence-corrected chi connectivity index (χ4v) is 8.73. The van der Waals surface area contributed by atoms with Gasteiger partial charge in [0.2, 0.25) is 0 Å². The first kappa shape index (κ1) is 31.6. The van der Waals surface area contributed by atoms with Gasteiger partial charge in [0, 0.05) is 60.4 Å². The summed E-state index contributed by atoms with van der Waals surface area (Å²) in [6, 6.07) is 66.3. The van der Waals surface area contributed by atoms with E-state index < -0.39 is 0 Å². The number of amidine groups is 2. The molecule has 1 N–H and O–H groups in total. The van der Waals surface area contributed by atoms with Crippen molar-refractivity contribution in [3.05, 3.63) is 205 Å². The molecule has 0 fully saturated rings. The first-order valence-electron chi connectivity index (χ1n) is 19.3. The molecule has 1 atom stereocenters. The Bertz CT molecular complexity index is 3420. The third-order valence-corrected chi connectivity index (χ3v) is 11.4. The third kappa shape index (κ3) is 4.97. The molecule has 0 saturated heterocycles. The van der Waals surface area contributed by atoms with E-state index in [2.05, 4.69) is 166 Å². The zero-order valence-electron chi connectivity index (χ0n) is 30.7. The van der Waals surface area contributed by atoms with Crippen LogP contribution in [0, 0.1) is 0 Å². The standard InChI is InChI=1S/C51H33N5O/c1-3-13-32(14-4-1)49-52-50(54-51(53-49)34-25-28-40-39-19-9-12-22-47(39)57-48(40)29-34)33-23-26-36(27-24-33)56-44-21-11-8-18-38(44)42-30-45-41(31-46(42)56)37-17-7-10-20-43(37)55(45)35-15-5-2-6-16-35/h1-31,51H,(H,52,53,54). The van der Waals surface area contributed by atoms with Gasteiger partial charge in [-0.2, -0.15) is 0 Å². The Kier molecular flexibility index (Phi) is 6.89. The van der Waals surface area contributed by atoms with Gasteiger partial charge in [0.25, 0.3) is 0 Å². The van der Waals surface area contributed by atoms with Crippen molar-refractivity contribution < 1.29 is 4.42 Å². The van der Waals surface area contributed by atoms with Gasteiger partial charge >= 0.3 is 0 Å².